The van der Waals surface area contributed by atoms with E-state index in [1.807, 2.05) is 30.0 Å². The lowest BCUT2D eigenvalue weighted by atomic mass is 9.95. The maximum absolute atomic E-state index is 11.3. The average Bonchev–Trinajstić information content (AvgIpc) is 2.72. The van der Waals surface area contributed by atoms with Crippen LogP contribution >= 0.6 is 11.6 Å². The molecule has 0 bridgehead atoms. The van der Waals surface area contributed by atoms with Gasteiger partial charge in [0.05, 0.1) is 0 Å². The number of fused-ring (bicyclic) bond motifs is 1. The summed E-state index contributed by atoms with van der Waals surface area (Å²) < 4.78 is 5.45. The van der Waals surface area contributed by atoms with Gasteiger partial charge < -0.3 is 25.2 Å². The van der Waals surface area contributed by atoms with Crippen molar-refractivity contribution in [1.82, 2.24) is 4.90 Å². The topological polar surface area (TPSA) is 110 Å². The maximum Gasteiger partial charge on any atom is 0.335 e. The van der Waals surface area contributed by atoms with Gasteiger partial charge in [0, 0.05) is 18.1 Å². The summed E-state index contributed by atoms with van der Waals surface area (Å²) in [6, 6.07) is 5.71. The number of hydrogen-bond donors (Lipinski definition) is 4. The summed E-state index contributed by atoms with van der Waals surface area (Å²) in [4.78, 5) is 13.1. The van der Waals surface area contributed by atoms with Gasteiger partial charge >= 0.3 is 5.97 Å². The van der Waals surface area contributed by atoms with E-state index in [4.69, 9.17) is 16.3 Å². The fraction of sp³-hybridized carbons (Fsp3) is 0.588. The van der Waals surface area contributed by atoms with Gasteiger partial charge in [-0.3, -0.25) is 4.90 Å². The van der Waals surface area contributed by atoms with Gasteiger partial charge in [-0.2, -0.15) is 0 Å². The SMILES string of the molecule is C[C@H]1CN([C@@H]2O[C@H](C(=O)O)[C@@H](O)[C@H](O)[C@H]2O)CCc2ccc(Cl)cc21. The lowest BCUT2D eigenvalue weighted by Gasteiger charge is -2.44. The molecule has 138 valence electrons. The molecule has 2 aliphatic heterocycles. The smallest absolute Gasteiger partial charge is 0.335 e. The molecule has 0 aromatic heterocycles. The fourth-order valence-corrected chi connectivity index (χ4v) is 3.84. The van der Waals surface area contributed by atoms with Crippen LogP contribution in [-0.4, -0.2) is 75.0 Å². The van der Waals surface area contributed by atoms with E-state index < -0.39 is 36.6 Å². The molecule has 2 heterocycles. The molecule has 1 saturated heterocycles. The van der Waals surface area contributed by atoms with Crippen LogP contribution < -0.4 is 0 Å². The third-order valence-electron chi connectivity index (χ3n) is 5.01. The predicted molar refractivity (Wildman–Crippen MR) is 89.5 cm³/mol. The van der Waals surface area contributed by atoms with E-state index in [9.17, 15) is 25.2 Å². The first-order valence-electron chi connectivity index (χ1n) is 8.24. The van der Waals surface area contributed by atoms with Gasteiger partial charge in [0.15, 0.2) is 6.10 Å². The Morgan fingerprint density at radius 3 is 2.64 bits per heavy atom. The van der Waals surface area contributed by atoms with Crippen LogP contribution in [0.1, 0.15) is 24.0 Å². The highest BCUT2D eigenvalue weighted by Gasteiger charge is 2.49. The average molecular weight is 372 g/mol. The van der Waals surface area contributed by atoms with Gasteiger partial charge in [-0.1, -0.05) is 24.6 Å². The van der Waals surface area contributed by atoms with Crippen molar-refractivity contribution >= 4 is 17.6 Å². The van der Waals surface area contributed by atoms with Gasteiger partial charge in [0.1, 0.15) is 24.5 Å². The molecule has 3 rings (SSSR count). The van der Waals surface area contributed by atoms with Crippen LogP contribution in [0.3, 0.4) is 0 Å². The zero-order valence-electron chi connectivity index (χ0n) is 13.7. The first-order chi connectivity index (χ1) is 11.8. The third-order valence-corrected chi connectivity index (χ3v) is 5.24. The number of nitrogens with zero attached hydrogens (tertiary/aromatic N) is 1. The number of carbonyl (C=O) groups is 1. The van der Waals surface area contributed by atoms with Crippen molar-refractivity contribution in [2.75, 3.05) is 13.1 Å². The summed E-state index contributed by atoms with van der Waals surface area (Å²) in [5, 5.41) is 40.0. The number of aliphatic carboxylic acids is 1. The van der Waals surface area contributed by atoms with Crippen molar-refractivity contribution in [1.29, 1.82) is 0 Å². The van der Waals surface area contributed by atoms with Crippen molar-refractivity contribution in [3.63, 3.8) is 0 Å². The lowest BCUT2D eigenvalue weighted by molar-refractivity contribution is -0.259. The Morgan fingerprint density at radius 2 is 1.96 bits per heavy atom. The highest BCUT2D eigenvalue weighted by atomic mass is 35.5. The molecule has 1 aromatic carbocycles. The second kappa shape index (κ2) is 7.19. The molecule has 0 saturated carbocycles. The largest absolute Gasteiger partial charge is 0.479 e. The van der Waals surface area contributed by atoms with E-state index in [1.54, 1.807) is 0 Å². The zero-order chi connectivity index (χ0) is 18.3. The van der Waals surface area contributed by atoms with E-state index in [0.717, 1.165) is 11.1 Å². The molecule has 8 heteroatoms. The van der Waals surface area contributed by atoms with Crippen LogP contribution in [0.15, 0.2) is 18.2 Å². The van der Waals surface area contributed by atoms with Gasteiger partial charge in [-0.15, -0.1) is 0 Å². The van der Waals surface area contributed by atoms with Crippen LogP contribution in [-0.2, 0) is 16.0 Å². The van der Waals surface area contributed by atoms with Gasteiger partial charge in [0.2, 0.25) is 0 Å². The Balaban J connectivity index is 1.83. The molecule has 4 N–H and O–H groups in total. The summed E-state index contributed by atoms with van der Waals surface area (Å²) in [5.74, 6) is -1.29. The molecular weight excluding hydrogens is 350 g/mol. The fourth-order valence-electron chi connectivity index (χ4n) is 3.66. The molecule has 0 spiro atoms. The van der Waals surface area contributed by atoms with E-state index in [0.29, 0.717) is 24.5 Å². The molecule has 2 aliphatic rings. The third kappa shape index (κ3) is 3.53. The quantitative estimate of drug-likeness (QED) is 0.587. The summed E-state index contributed by atoms with van der Waals surface area (Å²) in [7, 11) is 0. The number of hydrogen-bond acceptors (Lipinski definition) is 6. The summed E-state index contributed by atoms with van der Waals surface area (Å²) >= 11 is 6.09. The second-order valence-electron chi connectivity index (χ2n) is 6.75. The molecule has 1 fully saturated rings. The number of carboxylic acids is 1. The molecule has 1 aromatic rings. The standard InChI is InChI=1S/C17H22ClNO6/c1-8-7-19(5-4-9-2-3-10(18)6-11(8)9)16-14(22)12(20)13(21)15(25-16)17(23)24/h2-3,6,8,12-16,20-22H,4-5,7H2,1H3,(H,23,24)/t8-,12-,13-,14+,15-,16+/m0/s1. The Hall–Kier alpha value is -1.22. The van der Waals surface area contributed by atoms with Crippen molar-refractivity contribution < 1.29 is 30.0 Å². The first-order valence-corrected chi connectivity index (χ1v) is 8.62. The highest BCUT2D eigenvalue weighted by Crippen LogP contribution is 2.31. The van der Waals surface area contributed by atoms with Crippen molar-refractivity contribution in [3.8, 4) is 0 Å². The van der Waals surface area contributed by atoms with E-state index in [2.05, 4.69) is 0 Å². The Labute approximate surface area is 150 Å². The summed E-state index contributed by atoms with van der Waals surface area (Å²) in [6.07, 6.45) is -6.58. The zero-order valence-corrected chi connectivity index (χ0v) is 14.5. The monoisotopic (exact) mass is 371 g/mol. The number of carboxylic acid groups (broad SMARTS) is 1. The molecule has 7 nitrogen and oxygen atoms in total. The molecule has 0 amide bonds. The van der Waals surface area contributed by atoms with Crippen LogP contribution in [0.5, 0.6) is 0 Å². The Bertz CT molecular complexity index is 656. The minimum absolute atomic E-state index is 0.0827. The minimum atomic E-state index is -1.68. The van der Waals surface area contributed by atoms with Gasteiger partial charge in [0.25, 0.3) is 0 Å². The number of halogens is 1. The number of aliphatic hydroxyl groups is 3. The molecule has 25 heavy (non-hydrogen) atoms. The summed E-state index contributed by atoms with van der Waals surface area (Å²) in [5.41, 5.74) is 2.25. The van der Waals surface area contributed by atoms with Crippen molar-refractivity contribution in [2.45, 2.75) is 49.9 Å². The first kappa shape index (κ1) is 18.6. The van der Waals surface area contributed by atoms with E-state index >= 15 is 0 Å². The molecule has 0 unspecified atom stereocenters. The Kier molecular flexibility index (Phi) is 5.34. The van der Waals surface area contributed by atoms with Crippen LogP contribution in [0, 0.1) is 0 Å². The van der Waals surface area contributed by atoms with Crippen molar-refractivity contribution in [2.24, 2.45) is 0 Å². The highest BCUT2D eigenvalue weighted by molar-refractivity contribution is 6.30. The number of benzene rings is 1. The molecule has 6 atom stereocenters. The Morgan fingerprint density at radius 1 is 1.24 bits per heavy atom. The van der Waals surface area contributed by atoms with E-state index in [1.165, 1.54) is 0 Å². The lowest BCUT2D eigenvalue weighted by Crippen LogP contribution is -2.64. The number of rotatable bonds is 2. The normalized spacial score (nSPS) is 36.5. The van der Waals surface area contributed by atoms with Crippen LogP contribution in [0.25, 0.3) is 0 Å². The number of ether oxygens (including phenoxy) is 1. The van der Waals surface area contributed by atoms with Crippen LogP contribution in [0.2, 0.25) is 5.02 Å². The van der Waals surface area contributed by atoms with Crippen LogP contribution in [0.4, 0.5) is 0 Å². The van der Waals surface area contributed by atoms with E-state index in [-0.39, 0.29) is 5.92 Å². The summed E-state index contributed by atoms with van der Waals surface area (Å²) in [6.45, 7) is 3.04. The molecular formula is C17H22ClNO6. The molecule has 0 aliphatic carbocycles. The predicted octanol–water partition coefficient (Wildman–Crippen LogP) is 0.194. The number of aliphatic hydroxyl groups excluding tert-OH is 3. The second-order valence-corrected chi connectivity index (χ2v) is 7.18. The molecule has 0 radical (unpaired) electrons. The van der Waals surface area contributed by atoms with Crippen molar-refractivity contribution in [3.05, 3.63) is 34.3 Å². The maximum atomic E-state index is 11.3. The van der Waals surface area contributed by atoms with Gasteiger partial charge in [-0.25, -0.2) is 4.79 Å². The van der Waals surface area contributed by atoms with Gasteiger partial charge in [-0.05, 0) is 35.6 Å². The minimum Gasteiger partial charge on any atom is -0.479 e.